The smallest absolute Gasteiger partial charge is 0.337 e. The van der Waals surface area contributed by atoms with Crippen LogP contribution in [0.1, 0.15) is 63.9 Å². The van der Waals surface area contributed by atoms with E-state index in [-0.39, 0.29) is 17.8 Å². The van der Waals surface area contributed by atoms with Crippen LogP contribution in [0.15, 0.2) is 46.8 Å². The SMILES string of the molecule is COC(=O)[C@@H]1C(=O)C2=C(C[C@@H]1C)NC(C)=C(C(=O)OC1CCCCC1)[C@@H]2c1cccc(Cl)c1. The van der Waals surface area contributed by atoms with Crippen molar-refractivity contribution < 1.29 is 23.9 Å². The van der Waals surface area contributed by atoms with E-state index in [4.69, 9.17) is 21.1 Å². The number of dihydropyridines is 1. The van der Waals surface area contributed by atoms with E-state index in [0.717, 1.165) is 43.4 Å². The average Bonchev–Trinajstić information content (AvgIpc) is 2.78. The van der Waals surface area contributed by atoms with Gasteiger partial charge in [-0.25, -0.2) is 4.79 Å². The van der Waals surface area contributed by atoms with Crippen LogP contribution in [0.4, 0.5) is 0 Å². The Morgan fingerprint density at radius 3 is 2.55 bits per heavy atom. The summed E-state index contributed by atoms with van der Waals surface area (Å²) in [6.07, 6.45) is 5.31. The Bertz CT molecular complexity index is 1040. The standard InChI is InChI=1S/C26H30ClNO5/c1-14-12-19-23(24(29)20(14)25(30)32-3)22(16-8-7-9-17(27)13-16)21(15(2)28-19)26(31)33-18-10-5-4-6-11-18/h7-9,13-14,18,20,22,28H,4-6,10-12H2,1-3H3/t14-,20-,22-/m0/s1. The van der Waals surface area contributed by atoms with Crippen molar-refractivity contribution in [3.63, 3.8) is 0 Å². The Morgan fingerprint density at radius 1 is 1.15 bits per heavy atom. The van der Waals surface area contributed by atoms with Gasteiger partial charge in [0.05, 0.1) is 12.7 Å². The van der Waals surface area contributed by atoms with E-state index >= 15 is 0 Å². The average molecular weight is 472 g/mol. The molecule has 1 heterocycles. The highest BCUT2D eigenvalue weighted by Crippen LogP contribution is 2.46. The van der Waals surface area contributed by atoms with Gasteiger partial charge in [0, 0.05) is 27.9 Å². The fourth-order valence-electron chi connectivity index (χ4n) is 5.37. The van der Waals surface area contributed by atoms with Gasteiger partial charge in [-0.3, -0.25) is 9.59 Å². The molecular formula is C26H30ClNO5. The molecule has 176 valence electrons. The summed E-state index contributed by atoms with van der Waals surface area (Å²) in [5, 5.41) is 3.80. The lowest BCUT2D eigenvalue weighted by Gasteiger charge is -2.38. The number of hydrogen-bond donors (Lipinski definition) is 1. The predicted molar refractivity (Wildman–Crippen MR) is 124 cm³/mol. The molecular weight excluding hydrogens is 442 g/mol. The third kappa shape index (κ3) is 4.58. The number of halogens is 1. The van der Waals surface area contributed by atoms with Crippen molar-refractivity contribution >= 4 is 29.3 Å². The maximum atomic E-state index is 13.7. The van der Waals surface area contributed by atoms with Gasteiger partial charge in [0.1, 0.15) is 12.0 Å². The first-order chi connectivity index (χ1) is 15.8. The second-order valence-corrected chi connectivity index (χ2v) is 9.69. The highest BCUT2D eigenvalue weighted by molar-refractivity contribution is 6.30. The van der Waals surface area contributed by atoms with Crippen LogP contribution >= 0.6 is 11.6 Å². The van der Waals surface area contributed by atoms with Crippen LogP contribution in [-0.4, -0.2) is 30.9 Å². The summed E-state index contributed by atoms with van der Waals surface area (Å²) in [6, 6.07) is 7.17. The molecule has 4 rings (SSSR count). The molecule has 1 aliphatic heterocycles. The lowest BCUT2D eigenvalue weighted by molar-refractivity contribution is -0.151. The molecule has 3 atom stereocenters. The monoisotopic (exact) mass is 471 g/mol. The second-order valence-electron chi connectivity index (χ2n) is 9.26. The third-order valence-electron chi connectivity index (χ3n) is 6.97. The molecule has 33 heavy (non-hydrogen) atoms. The van der Waals surface area contributed by atoms with Gasteiger partial charge in [-0.1, -0.05) is 37.1 Å². The molecule has 0 aromatic heterocycles. The van der Waals surface area contributed by atoms with Crippen molar-refractivity contribution in [2.24, 2.45) is 11.8 Å². The predicted octanol–water partition coefficient (Wildman–Crippen LogP) is 4.83. The maximum absolute atomic E-state index is 13.7. The van der Waals surface area contributed by atoms with Crippen molar-refractivity contribution in [3.8, 4) is 0 Å². The molecule has 7 heteroatoms. The van der Waals surface area contributed by atoms with E-state index in [1.54, 1.807) is 18.2 Å². The van der Waals surface area contributed by atoms with Gasteiger partial charge in [-0.2, -0.15) is 0 Å². The molecule has 1 N–H and O–H groups in total. The number of ketones is 1. The summed E-state index contributed by atoms with van der Waals surface area (Å²) in [5.41, 5.74) is 2.94. The number of rotatable bonds is 4. The van der Waals surface area contributed by atoms with Crippen molar-refractivity contribution in [1.82, 2.24) is 5.32 Å². The molecule has 0 amide bonds. The van der Waals surface area contributed by atoms with Gasteiger partial charge < -0.3 is 14.8 Å². The summed E-state index contributed by atoms with van der Waals surface area (Å²) in [7, 11) is 1.29. The van der Waals surface area contributed by atoms with E-state index in [1.807, 2.05) is 19.9 Å². The van der Waals surface area contributed by atoms with Crippen LogP contribution in [0, 0.1) is 11.8 Å². The van der Waals surface area contributed by atoms with Gasteiger partial charge in [0.2, 0.25) is 0 Å². The van der Waals surface area contributed by atoms with E-state index in [2.05, 4.69) is 5.32 Å². The Hall–Kier alpha value is -2.60. The molecule has 6 nitrogen and oxygen atoms in total. The van der Waals surface area contributed by atoms with Gasteiger partial charge in [0.25, 0.3) is 0 Å². The van der Waals surface area contributed by atoms with E-state index in [0.29, 0.717) is 28.3 Å². The lowest BCUT2D eigenvalue weighted by atomic mass is 9.69. The number of ether oxygens (including phenoxy) is 2. The largest absolute Gasteiger partial charge is 0.468 e. The van der Waals surface area contributed by atoms with Crippen LogP contribution in [0.2, 0.25) is 5.02 Å². The van der Waals surface area contributed by atoms with Gasteiger partial charge >= 0.3 is 11.9 Å². The second kappa shape index (κ2) is 9.72. The minimum Gasteiger partial charge on any atom is -0.468 e. The van der Waals surface area contributed by atoms with Crippen molar-refractivity contribution in [3.05, 3.63) is 57.4 Å². The van der Waals surface area contributed by atoms with Crippen LogP contribution in [0.25, 0.3) is 0 Å². The van der Waals surface area contributed by atoms with Gasteiger partial charge in [-0.15, -0.1) is 0 Å². The number of carbonyl (C=O) groups excluding carboxylic acids is 3. The fourth-order valence-corrected chi connectivity index (χ4v) is 5.57. The molecule has 2 aliphatic carbocycles. The van der Waals surface area contributed by atoms with Crippen LogP contribution in [0.3, 0.4) is 0 Å². The highest BCUT2D eigenvalue weighted by atomic mass is 35.5. The minimum atomic E-state index is -0.911. The van der Waals surface area contributed by atoms with Crippen molar-refractivity contribution in [1.29, 1.82) is 0 Å². The topological polar surface area (TPSA) is 81.7 Å². The Labute approximate surface area is 199 Å². The molecule has 0 unspecified atom stereocenters. The molecule has 1 aromatic rings. The first kappa shape index (κ1) is 23.6. The Morgan fingerprint density at radius 2 is 1.88 bits per heavy atom. The normalized spacial score (nSPS) is 25.9. The number of esters is 2. The number of methoxy groups -OCH3 is 1. The van der Waals surface area contributed by atoms with Crippen LogP contribution in [0.5, 0.6) is 0 Å². The lowest BCUT2D eigenvalue weighted by Crippen LogP contribution is -2.43. The zero-order valence-electron chi connectivity index (χ0n) is 19.3. The first-order valence-electron chi connectivity index (χ1n) is 11.6. The minimum absolute atomic E-state index is 0.119. The highest BCUT2D eigenvalue weighted by Gasteiger charge is 2.47. The number of allylic oxidation sites excluding steroid dienone is 3. The quantitative estimate of drug-likeness (QED) is 0.500. The molecule has 1 aromatic carbocycles. The molecule has 0 spiro atoms. The Balaban J connectivity index is 1.78. The fraction of sp³-hybridized carbons (Fsp3) is 0.500. The molecule has 0 bridgehead atoms. The molecule has 0 radical (unpaired) electrons. The number of carbonyl (C=O) groups is 3. The third-order valence-corrected chi connectivity index (χ3v) is 7.21. The Kier molecular flexibility index (Phi) is 6.94. The summed E-state index contributed by atoms with van der Waals surface area (Å²) < 4.78 is 10.9. The van der Waals surface area contributed by atoms with Gasteiger partial charge in [-0.05, 0) is 62.6 Å². The van der Waals surface area contributed by atoms with Crippen molar-refractivity contribution in [2.75, 3.05) is 7.11 Å². The zero-order chi connectivity index (χ0) is 23.7. The summed E-state index contributed by atoms with van der Waals surface area (Å²) >= 11 is 6.30. The molecule has 3 aliphatic rings. The summed E-state index contributed by atoms with van der Waals surface area (Å²) in [6.45, 7) is 3.70. The van der Waals surface area contributed by atoms with Gasteiger partial charge in [0.15, 0.2) is 5.78 Å². The summed E-state index contributed by atoms with van der Waals surface area (Å²) in [4.78, 5) is 39.7. The zero-order valence-corrected chi connectivity index (χ0v) is 20.0. The molecule has 1 saturated carbocycles. The van der Waals surface area contributed by atoms with Crippen LogP contribution in [-0.2, 0) is 23.9 Å². The first-order valence-corrected chi connectivity index (χ1v) is 12.0. The summed E-state index contributed by atoms with van der Waals surface area (Å²) in [5.74, 6) is -3.09. The van der Waals surface area contributed by atoms with E-state index < -0.39 is 23.8 Å². The molecule has 0 saturated heterocycles. The van der Waals surface area contributed by atoms with Crippen molar-refractivity contribution in [2.45, 2.75) is 64.4 Å². The maximum Gasteiger partial charge on any atom is 0.337 e. The van der Waals surface area contributed by atoms with E-state index in [1.165, 1.54) is 7.11 Å². The number of nitrogens with one attached hydrogen (secondary N) is 1. The molecule has 1 fully saturated rings. The number of Topliss-reactive ketones (excluding diaryl/α,β-unsaturated/α-hetero) is 1. The van der Waals surface area contributed by atoms with Crippen LogP contribution < -0.4 is 5.32 Å². The number of hydrogen-bond acceptors (Lipinski definition) is 6. The number of benzene rings is 1. The van der Waals surface area contributed by atoms with E-state index in [9.17, 15) is 14.4 Å².